The Morgan fingerprint density at radius 3 is 2.73 bits per heavy atom. The van der Waals surface area contributed by atoms with E-state index in [0.717, 1.165) is 25.7 Å². The first kappa shape index (κ1) is 24.9. The van der Waals surface area contributed by atoms with Crippen LogP contribution in [0.5, 0.6) is 0 Å². The lowest BCUT2D eigenvalue weighted by Gasteiger charge is -2.30. The van der Waals surface area contributed by atoms with E-state index >= 15 is 0 Å². The second-order valence-corrected chi connectivity index (χ2v) is 9.44. The normalized spacial score (nSPS) is 18.9. The summed E-state index contributed by atoms with van der Waals surface area (Å²) in [6.45, 7) is 5.39. The number of halogens is 1. The Hall–Kier alpha value is -2.69. The van der Waals surface area contributed by atoms with Gasteiger partial charge in [-0.15, -0.1) is 0 Å². The van der Waals surface area contributed by atoms with Gasteiger partial charge in [-0.25, -0.2) is 4.79 Å². The molecule has 1 aliphatic heterocycles. The Morgan fingerprint density at radius 2 is 2.06 bits per heavy atom. The van der Waals surface area contributed by atoms with Crippen molar-refractivity contribution < 1.29 is 14.3 Å². The highest BCUT2D eigenvalue weighted by Crippen LogP contribution is 2.43. The number of hydrogen-bond acceptors (Lipinski definition) is 6. The number of carbonyl (C=O) groups is 2. The number of nitriles is 1. The first-order valence-corrected chi connectivity index (χ1v) is 12.4. The van der Waals surface area contributed by atoms with E-state index in [2.05, 4.69) is 23.3 Å². The van der Waals surface area contributed by atoms with Crippen LogP contribution in [0.15, 0.2) is 58.8 Å². The summed E-state index contributed by atoms with van der Waals surface area (Å²) in [4.78, 5) is 25.4. The molecule has 0 bridgehead atoms. The fourth-order valence-corrected chi connectivity index (χ4v) is 5.33. The smallest absolute Gasteiger partial charge is 0.337 e. The van der Waals surface area contributed by atoms with Crippen molar-refractivity contribution in [1.82, 2.24) is 10.6 Å². The summed E-state index contributed by atoms with van der Waals surface area (Å²) < 4.78 is 5.30. The van der Waals surface area contributed by atoms with Gasteiger partial charge in [0.15, 0.2) is 0 Å². The number of allylic oxidation sites excluding steroid dienone is 2. The fourth-order valence-electron chi connectivity index (χ4n) is 4.18. The molecule has 1 saturated carbocycles. The van der Waals surface area contributed by atoms with E-state index in [4.69, 9.17) is 16.3 Å². The largest absolute Gasteiger partial charge is 0.458 e. The molecule has 2 N–H and O–H groups in total. The summed E-state index contributed by atoms with van der Waals surface area (Å²) in [6, 6.07) is 9.58. The maximum atomic E-state index is 12.9. The van der Waals surface area contributed by atoms with Gasteiger partial charge in [-0.2, -0.15) is 5.26 Å². The maximum Gasteiger partial charge on any atom is 0.337 e. The first-order valence-electron chi connectivity index (χ1n) is 11.0. The van der Waals surface area contributed by atoms with E-state index < -0.39 is 11.9 Å². The highest BCUT2D eigenvalue weighted by Gasteiger charge is 2.36. The zero-order valence-electron chi connectivity index (χ0n) is 18.7. The molecule has 0 saturated heterocycles. The SMILES string of the molecule is C=CCOC(=O)C1=C(C)NC(SCC(=O)NC2CCCCC2)=C(C#N)C1c1ccccc1Cl. The molecule has 1 aliphatic carbocycles. The molecule has 0 aromatic heterocycles. The summed E-state index contributed by atoms with van der Waals surface area (Å²) in [7, 11) is 0. The molecule has 1 unspecified atom stereocenters. The standard InChI is InChI=1S/C25H28ClN3O3S/c1-3-13-32-25(31)22-16(2)28-24(33-15-21(30)29-17-9-5-4-6-10-17)19(14-27)23(22)18-11-7-8-12-20(18)26/h3,7-8,11-12,17,23,28H,1,4-6,9-10,13,15H2,2H3,(H,29,30). The molecule has 1 aromatic rings. The number of nitrogens with one attached hydrogen (secondary N) is 2. The molecule has 33 heavy (non-hydrogen) atoms. The van der Waals surface area contributed by atoms with Crippen molar-refractivity contribution in [2.24, 2.45) is 0 Å². The molecule has 1 atom stereocenters. The van der Waals surface area contributed by atoms with Crippen LogP contribution < -0.4 is 10.6 Å². The second-order valence-electron chi connectivity index (χ2n) is 8.05. The summed E-state index contributed by atoms with van der Waals surface area (Å²) in [6.07, 6.45) is 6.99. The average Bonchev–Trinajstić information content (AvgIpc) is 2.81. The number of ether oxygens (including phenoxy) is 1. The van der Waals surface area contributed by atoms with E-state index in [1.54, 1.807) is 25.1 Å². The lowest BCUT2D eigenvalue weighted by atomic mass is 9.82. The third-order valence-corrected chi connectivity index (χ3v) is 7.10. The number of hydrogen-bond donors (Lipinski definition) is 2. The Morgan fingerprint density at radius 1 is 1.33 bits per heavy atom. The summed E-state index contributed by atoms with van der Waals surface area (Å²) in [5.74, 6) is -1.14. The van der Waals surface area contributed by atoms with Gasteiger partial charge in [0.25, 0.3) is 0 Å². The summed E-state index contributed by atoms with van der Waals surface area (Å²) in [5, 5.41) is 17.3. The van der Waals surface area contributed by atoms with E-state index in [9.17, 15) is 14.9 Å². The monoisotopic (exact) mass is 485 g/mol. The van der Waals surface area contributed by atoms with Gasteiger partial charge >= 0.3 is 5.97 Å². The third kappa shape index (κ3) is 6.21. The molecule has 1 amide bonds. The van der Waals surface area contributed by atoms with Gasteiger partial charge in [0.1, 0.15) is 6.61 Å². The van der Waals surface area contributed by atoms with Crippen molar-refractivity contribution in [3.8, 4) is 6.07 Å². The molecule has 3 rings (SSSR count). The lowest BCUT2D eigenvalue weighted by molar-refractivity contribution is -0.138. The summed E-state index contributed by atoms with van der Waals surface area (Å²) >= 11 is 7.73. The molecular formula is C25H28ClN3O3S. The van der Waals surface area contributed by atoms with Gasteiger partial charge < -0.3 is 15.4 Å². The second kappa shape index (κ2) is 12.0. The molecular weight excluding hydrogens is 458 g/mol. The third-order valence-electron chi connectivity index (χ3n) is 5.73. The first-order chi connectivity index (χ1) is 16.0. The van der Waals surface area contributed by atoms with Crippen LogP contribution >= 0.6 is 23.4 Å². The van der Waals surface area contributed by atoms with Crippen LogP contribution in [0.3, 0.4) is 0 Å². The Bertz CT molecular complexity index is 1020. The van der Waals surface area contributed by atoms with Gasteiger partial charge in [0.2, 0.25) is 5.91 Å². The molecule has 0 radical (unpaired) electrons. The van der Waals surface area contributed by atoms with Gasteiger partial charge in [-0.1, -0.05) is 73.5 Å². The van der Waals surface area contributed by atoms with Crippen LogP contribution in [0.1, 0.15) is 50.5 Å². The molecule has 1 aromatic carbocycles. The van der Waals surface area contributed by atoms with Gasteiger partial charge in [0.05, 0.1) is 33.9 Å². The molecule has 8 heteroatoms. The average molecular weight is 486 g/mol. The van der Waals surface area contributed by atoms with Crippen LogP contribution in [0.2, 0.25) is 5.02 Å². The Kier molecular flexibility index (Phi) is 9.04. The topological polar surface area (TPSA) is 91.2 Å². The van der Waals surface area contributed by atoms with Crippen LogP contribution in [0.25, 0.3) is 0 Å². The lowest BCUT2D eigenvalue weighted by Crippen LogP contribution is -2.37. The Labute approximate surface area is 204 Å². The number of rotatable bonds is 8. The molecule has 174 valence electrons. The van der Waals surface area contributed by atoms with Crippen molar-refractivity contribution in [2.45, 2.75) is 51.0 Å². The van der Waals surface area contributed by atoms with Gasteiger partial charge in [0, 0.05) is 16.8 Å². The van der Waals surface area contributed by atoms with Crippen molar-refractivity contribution in [3.63, 3.8) is 0 Å². The Balaban J connectivity index is 1.88. The maximum absolute atomic E-state index is 12.9. The van der Waals surface area contributed by atoms with Crippen molar-refractivity contribution >= 4 is 35.2 Å². The van der Waals surface area contributed by atoms with Crippen LogP contribution in [0, 0.1) is 11.3 Å². The number of nitrogens with zero attached hydrogens (tertiary/aromatic N) is 1. The minimum atomic E-state index is -0.703. The summed E-state index contributed by atoms with van der Waals surface area (Å²) in [5.41, 5.74) is 1.84. The van der Waals surface area contributed by atoms with E-state index in [-0.39, 0.29) is 24.3 Å². The highest BCUT2D eigenvalue weighted by molar-refractivity contribution is 8.03. The molecule has 6 nitrogen and oxygen atoms in total. The zero-order chi connectivity index (χ0) is 23.8. The molecule has 1 heterocycles. The number of thioether (sulfide) groups is 1. The molecule has 1 fully saturated rings. The number of esters is 1. The quantitative estimate of drug-likeness (QED) is 0.400. The number of amides is 1. The van der Waals surface area contributed by atoms with Gasteiger partial charge in [-0.05, 0) is 31.4 Å². The van der Waals surface area contributed by atoms with E-state index in [1.165, 1.54) is 24.3 Å². The van der Waals surface area contributed by atoms with E-state index in [0.29, 0.717) is 32.5 Å². The fraction of sp³-hybridized carbons (Fsp3) is 0.400. The van der Waals surface area contributed by atoms with Crippen molar-refractivity contribution in [3.05, 3.63) is 69.4 Å². The van der Waals surface area contributed by atoms with Crippen LogP contribution in [0.4, 0.5) is 0 Å². The molecule has 2 aliphatic rings. The minimum absolute atomic E-state index is 0.0550. The van der Waals surface area contributed by atoms with Gasteiger partial charge in [-0.3, -0.25) is 4.79 Å². The van der Waals surface area contributed by atoms with E-state index in [1.807, 2.05) is 6.07 Å². The zero-order valence-corrected chi connectivity index (χ0v) is 20.2. The van der Waals surface area contributed by atoms with Crippen LogP contribution in [-0.2, 0) is 14.3 Å². The van der Waals surface area contributed by atoms with Crippen molar-refractivity contribution in [1.29, 1.82) is 5.26 Å². The highest BCUT2D eigenvalue weighted by atomic mass is 35.5. The number of dihydropyridines is 1. The number of carbonyl (C=O) groups excluding carboxylic acids is 2. The van der Waals surface area contributed by atoms with Crippen molar-refractivity contribution in [2.75, 3.05) is 12.4 Å². The molecule has 0 spiro atoms. The predicted molar refractivity (Wildman–Crippen MR) is 131 cm³/mol. The number of benzene rings is 1. The van der Waals surface area contributed by atoms with Crippen LogP contribution in [-0.4, -0.2) is 30.3 Å². The minimum Gasteiger partial charge on any atom is -0.458 e. The predicted octanol–water partition coefficient (Wildman–Crippen LogP) is 4.95.